The number of carbonyl (C=O) groups excluding carboxylic acids is 1. The summed E-state index contributed by atoms with van der Waals surface area (Å²) < 4.78 is 1.71. The van der Waals surface area contributed by atoms with Gasteiger partial charge in [-0.3, -0.25) is 4.79 Å². The fourth-order valence-corrected chi connectivity index (χ4v) is 2.70. The quantitative estimate of drug-likeness (QED) is 0.883. The van der Waals surface area contributed by atoms with Gasteiger partial charge in [0, 0.05) is 5.92 Å². The minimum absolute atomic E-state index is 0.00297. The summed E-state index contributed by atoms with van der Waals surface area (Å²) in [6, 6.07) is 8.00. The van der Waals surface area contributed by atoms with Gasteiger partial charge in [0.2, 0.25) is 5.91 Å². The van der Waals surface area contributed by atoms with Crippen LogP contribution in [0, 0.1) is 5.92 Å². The van der Waals surface area contributed by atoms with Crippen LogP contribution in [0.4, 0.5) is 0 Å². The van der Waals surface area contributed by atoms with E-state index < -0.39 is 0 Å². The zero-order chi connectivity index (χ0) is 15.4. The van der Waals surface area contributed by atoms with Crippen LogP contribution in [0.25, 0.3) is 5.69 Å². The molecule has 0 fully saturated rings. The molecule has 0 saturated carbocycles. The van der Waals surface area contributed by atoms with E-state index in [1.165, 1.54) is 6.33 Å². The Labute approximate surface area is 130 Å². The molecule has 2 atom stereocenters. The Kier molecular flexibility index (Phi) is 4.32. The molecule has 1 aliphatic rings. The molecule has 0 radical (unpaired) electrons. The maximum absolute atomic E-state index is 12.3. The normalized spacial score (nSPS) is 18.9. The third-order valence-electron chi connectivity index (χ3n) is 4.07. The summed E-state index contributed by atoms with van der Waals surface area (Å²) in [5, 5.41) is 7.21. The maximum atomic E-state index is 12.3. The third-order valence-corrected chi connectivity index (χ3v) is 4.07. The number of hydrogen-bond donors (Lipinski definition) is 1. The predicted octanol–water partition coefficient (Wildman–Crippen LogP) is 2.80. The van der Waals surface area contributed by atoms with E-state index in [1.807, 2.05) is 31.2 Å². The van der Waals surface area contributed by atoms with Crippen molar-refractivity contribution >= 4 is 5.91 Å². The van der Waals surface area contributed by atoms with Gasteiger partial charge in [0.1, 0.15) is 12.7 Å². The molecule has 0 bridgehead atoms. The van der Waals surface area contributed by atoms with Gasteiger partial charge in [-0.05, 0) is 43.9 Å². The highest BCUT2D eigenvalue weighted by Gasteiger charge is 2.20. The van der Waals surface area contributed by atoms with Crippen LogP contribution in [0.3, 0.4) is 0 Å². The van der Waals surface area contributed by atoms with Crippen LogP contribution >= 0.6 is 0 Å². The monoisotopic (exact) mass is 296 g/mol. The SMILES string of the molecule is C[C@@H](NC(=O)[C@@H]1CC=CCC1)c1ccc(-n2cncn2)cc1. The van der Waals surface area contributed by atoms with Crippen LogP contribution in [-0.2, 0) is 4.79 Å². The standard InChI is InChI=1S/C17H20N4O/c1-13(20-17(22)15-5-3-2-4-6-15)14-7-9-16(10-8-14)21-12-18-11-19-21/h2-3,7-13,15H,4-6H2,1H3,(H,20,22)/t13-,15-/m1/s1. The van der Waals surface area contributed by atoms with Gasteiger partial charge in [0.25, 0.3) is 0 Å². The van der Waals surface area contributed by atoms with Gasteiger partial charge in [0.15, 0.2) is 0 Å². The van der Waals surface area contributed by atoms with E-state index >= 15 is 0 Å². The Hall–Kier alpha value is -2.43. The highest BCUT2D eigenvalue weighted by atomic mass is 16.1. The molecular formula is C17H20N4O. The molecule has 0 aliphatic heterocycles. The molecule has 2 aromatic rings. The molecule has 5 heteroatoms. The minimum atomic E-state index is 0.00297. The van der Waals surface area contributed by atoms with Gasteiger partial charge >= 0.3 is 0 Å². The fourth-order valence-electron chi connectivity index (χ4n) is 2.70. The average Bonchev–Trinajstić information content (AvgIpc) is 3.10. The second-order valence-electron chi connectivity index (χ2n) is 5.64. The molecule has 1 amide bonds. The number of amides is 1. The van der Waals surface area contributed by atoms with Gasteiger partial charge in [0.05, 0.1) is 11.7 Å². The van der Waals surface area contributed by atoms with Crippen molar-refractivity contribution in [1.29, 1.82) is 0 Å². The average molecular weight is 296 g/mol. The summed E-state index contributed by atoms with van der Waals surface area (Å²) in [7, 11) is 0. The maximum Gasteiger partial charge on any atom is 0.223 e. The molecule has 3 rings (SSSR count). The van der Waals surface area contributed by atoms with Crippen LogP contribution in [-0.4, -0.2) is 20.7 Å². The lowest BCUT2D eigenvalue weighted by molar-refractivity contribution is -0.125. The van der Waals surface area contributed by atoms with E-state index in [4.69, 9.17) is 0 Å². The van der Waals surface area contributed by atoms with Crippen molar-refractivity contribution < 1.29 is 4.79 Å². The Morgan fingerprint density at radius 1 is 1.32 bits per heavy atom. The van der Waals surface area contributed by atoms with Gasteiger partial charge < -0.3 is 5.32 Å². The largest absolute Gasteiger partial charge is 0.349 e. The molecule has 5 nitrogen and oxygen atoms in total. The lowest BCUT2D eigenvalue weighted by Gasteiger charge is -2.21. The molecule has 1 heterocycles. The van der Waals surface area contributed by atoms with Crippen molar-refractivity contribution in [1.82, 2.24) is 20.1 Å². The fraction of sp³-hybridized carbons (Fsp3) is 0.353. The Morgan fingerprint density at radius 3 is 2.77 bits per heavy atom. The number of hydrogen-bond acceptors (Lipinski definition) is 3. The molecule has 1 aromatic heterocycles. The van der Waals surface area contributed by atoms with Crippen LogP contribution < -0.4 is 5.32 Å². The molecular weight excluding hydrogens is 276 g/mol. The van der Waals surface area contributed by atoms with Crippen molar-refractivity contribution in [3.63, 3.8) is 0 Å². The summed E-state index contributed by atoms with van der Waals surface area (Å²) >= 11 is 0. The summed E-state index contributed by atoms with van der Waals surface area (Å²) in [6.45, 7) is 2.01. The lowest BCUT2D eigenvalue weighted by Crippen LogP contribution is -2.33. The summed E-state index contributed by atoms with van der Waals surface area (Å²) in [4.78, 5) is 16.2. The van der Waals surface area contributed by atoms with Crippen LogP contribution in [0.2, 0.25) is 0 Å². The van der Waals surface area contributed by atoms with Gasteiger partial charge in [-0.1, -0.05) is 24.3 Å². The summed E-state index contributed by atoms with van der Waals surface area (Å²) in [5.74, 6) is 0.263. The van der Waals surface area contributed by atoms with E-state index in [9.17, 15) is 4.79 Å². The smallest absolute Gasteiger partial charge is 0.223 e. The molecule has 22 heavy (non-hydrogen) atoms. The zero-order valence-electron chi connectivity index (χ0n) is 12.6. The van der Waals surface area contributed by atoms with Crippen LogP contribution in [0.15, 0.2) is 49.1 Å². The number of nitrogens with zero attached hydrogens (tertiary/aromatic N) is 3. The molecule has 1 N–H and O–H groups in total. The van der Waals surface area contributed by atoms with Gasteiger partial charge in [-0.2, -0.15) is 5.10 Å². The second kappa shape index (κ2) is 6.56. The minimum Gasteiger partial charge on any atom is -0.349 e. The van der Waals surface area contributed by atoms with E-state index in [1.54, 1.807) is 11.0 Å². The number of nitrogens with one attached hydrogen (secondary N) is 1. The molecule has 0 saturated heterocycles. The van der Waals surface area contributed by atoms with Crippen molar-refractivity contribution in [3.8, 4) is 5.69 Å². The van der Waals surface area contributed by atoms with E-state index in [2.05, 4.69) is 27.6 Å². The molecule has 1 aromatic carbocycles. The highest BCUT2D eigenvalue weighted by molar-refractivity contribution is 5.79. The van der Waals surface area contributed by atoms with Crippen LogP contribution in [0.5, 0.6) is 0 Å². The number of rotatable bonds is 4. The molecule has 1 aliphatic carbocycles. The van der Waals surface area contributed by atoms with Crippen molar-refractivity contribution in [2.24, 2.45) is 5.92 Å². The number of aromatic nitrogens is 3. The first-order valence-corrected chi connectivity index (χ1v) is 7.64. The lowest BCUT2D eigenvalue weighted by atomic mass is 9.93. The summed E-state index contributed by atoms with van der Waals surface area (Å²) in [5.41, 5.74) is 2.04. The van der Waals surface area contributed by atoms with E-state index in [0.717, 1.165) is 30.5 Å². The van der Waals surface area contributed by atoms with Crippen molar-refractivity contribution in [2.75, 3.05) is 0 Å². The first-order valence-electron chi connectivity index (χ1n) is 7.64. The van der Waals surface area contributed by atoms with Gasteiger partial charge in [-0.25, -0.2) is 9.67 Å². The first-order chi connectivity index (χ1) is 10.7. The highest BCUT2D eigenvalue weighted by Crippen LogP contribution is 2.21. The second-order valence-corrected chi connectivity index (χ2v) is 5.64. The molecule has 0 spiro atoms. The third kappa shape index (κ3) is 3.24. The first kappa shape index (κ1) is 14.5. The van der Waals surface area contributed by atoms with E-state index in [0.29, 0.717) is 0 Å². The number of carbonyl (C=O) groups is 1. The topological polar surface area (TPSA) is 59.8 Å². The zero-order valence-corrected chi connectivity index (χ0v) is 12.6. The Morgan fingerprint density at radius 2 is 2.14 bits per heavy atom. The van der Waals surface area contributed by atoms with Gasteiger partial charge in [-0.15, -0.1) is 0 Å². The van der Waals surface area contributed by atoms with Crippen LogP contribution in [0.1, 0.15) is 37.8 Å². The summed E-state index contributed by atoms with van der Waals surface area (Å²) in [6.07, 6.45) is 10.2. The molecule has 0 unspecified atom stereocenters. The number of benzene rings is 1. The Balaban J connectivity index is 1.63. The Bertz CT molecular complexity index is 646. The number of allylic oxidation sites excluding steroid dienone is 2. The van der Waals surface area contributed by atoms with Crippen molar-refractivity contribution in [2.45, 2.75) is 32.2 Å². The predicted molar refractivity (Wildman–Crippen MR) is 84.4 cm³/mol. The van der Waals surface area contributed by atoms with Crippen molar-refractivity contribution in [3.05, 3.63) is 54.6 Å². The van der Waals surface area contributed by atoms with E-state index in [-0.39, 0.29) is 17.9 Å². The molecule has 114 valence electrons.